The van der Waals surface area contributed by atoms with Crippen molar-refractivity contribution in [1.29, 1.82) is 0 Å². The smallest absolute Gasteiger partial charge is 0.0536 e. The van der Waals surface area contributed by atoms with Crippen LogP contribution in [0, 0.1) is 0 Å². The number of hydrogen-bond acceptors (Lipinski definition) is 0. The van der Waals surface area contributed by atoms with Gasteiger partial charge in [-0.3, -0.25) is 0 Å². The second-order valence-electron chi connectivity index (χ2n) is 5.18. The standard InChI is InChI=1S/C6H14.C5H12.3C3H8.7CH4/c1-3-5-6-4-2;1-3-5-4-2;3*1-3-2;;;;;;;/h3-6H2,1-2H3;3-5H2,1-2H3;3*3H2,1-2H3;7*1H4. The molecular formula is C27H78. The van der Waals surface area contributed by atoms with E-state index in [1.54, 1.807) is 0 Å². The Labute approximate surface area is 185 Å². The molecule has 0 aliphatic heterocycles. The predicted octanol–water partition coefficient (Wildman–Crippen LogP) is 13.5. The molecule has 0 spiro atoms. The summed E-state index contributed by atoms with van der Waals surface area (Å²) in [5.74, 6) is 0. The van der Waals surface area contributed by atoms with Gasteiger partial charge in [-0.15, -0.1) is 0 Å². The van der Waals surface area contributed by atoms with E-state index in [2.05, 4.69) is 69.2 Å². The van der Waals surface area contributed by atoms with Crippen molar-refractivity contribution in [3.05, 3.63) is 0 Å². The van der Waals surface area contributed by atoms with Crippen LogP contribution in [0.1, 0.15) is 185 Å². The minimum atomic E-state index is 0. The number of hydrogen-bond donors (Lipinski definition) is 0. The molecule has 0 nitrogen and oxygen atoms in total. The number of rotatable bonds is 5. The average Bonchev–Trinajstić information content (AvgIpc) is 2.41. The molecule has 0 saturated heterocycles. The third kappa shape index (κ3) is 599. The molecule has 0 amide bonds. The summed E-state index contributed by atoms with van der Waals surface area (Å²) in [7, 11) is 0. The van der Waals surface area contributed by atoms with Crippen LogP contribution in [0.25, 0.3) is 0 Å². The molecular weight excluding hydrogens is 324 g/mol. The monoisotopic (exact) mass is 403 g/mol. The van der Waals surface area contributed by atoms with Crippen LogP contribution in [-0.2, 0) is 0 Å². The van der Waals surface area contributed by atoms with E-state index in [0.717, 1.165) is 0 Å². The zero-order valence-electron chi connectivity index (χ0n) is 17.1. The highest BCUT2D eigenvalue weighted by Gasteiger charge is 1.75. The topological polar surface area (TPSA) is 0 Å². The molecule has 0 heterocycles. The summed E-state index contributed by atoms with van der Waals surface area (Å²) in [6, 6.07) is 0. The highest BCUT2D eigenvalue weighted by molar-refractivity contribution is 4.31. The molecule has 0 aliphatic rings. The molecule has 0 aromatic carbocycles. The Morgan fingerprint density at radius 3 is 0.407 bits per heavy atom. The van der Waals surface area contributed by atoms with Crippen LogP contribution < -0.4 is 0 Å². The van der Waals surface area contributed by atoms with Crippen LogP contribution in [0.15, 0.2) is 0 Å². The highest BCUT2D eigenvalue weighted by atomic mass is 13.8. The van der Waals surface area contributed by atoms with E-state index in [1.165, 1.54) is 64.2 Å². The van der Waals surface area contributed by atoms with Gasteiger partial charge >= 0.3 is 0 Å². The fourth-order valence-electron chi connectivity index (χ4n) is 0.854. The van der Waals surface area contributed by atoms with Crippen molar-refractivity contribution in [2.24, 2.45) is 0 Å². The summed E-state index contributed by atoms with van der Waals surface area (Å²) in [5, 5.41) is 0. The summed E-state index contributed by atoms with van der Waals surface area (Å²) >= 11 is 0. The molecule has 0 atom stereocenters. The molecule has 0 rings (SSSR count). The first kappa shape index (κ1) is 81.1. The maximum absolute atomic E-state index is 2.23. The summed E-state index contributed by atoms with van der Waals surface area (Å²) in [5.41, 5.74) is 0. The van der Waals surface area contributed by atoms with E-state index >= 15 is 0 Å². The van der Waals surface area contributed by atoms with Gasteiger partial charge in [0.15, 0.2) is 0 Å². The van der Waals surface area contributed by atoms with Crippen molar-refractivity contribution in [3.63, 3.8) is 0 Å². The maximum Gasteiger partial charge on any atom is -0.0536 e. The predicted molar refractivity (Wildman–Crippen MR) is 150 cm³/mol. The Hall–Kier alpha value is 0. The molecule has 0 fully saturated rings. The van der Waals surface area contributed by atoms with Crippen LogP contribution in [0.4, 0.5) is 0 Å². The van der Waals surface area contributed by atoms with Crippen molar-refractivity contribution in [2.45, 2.75) is 185 Å². The van der Waals surface area contributed by atoms with E-state index in [0.29, 0.717) is 0 Å². The van der Waals surface area contributed by atoms with Crippen LogP contribution in [0.5, 0.6) is 0 Å². The lowest BCUT2D eigenvalue weighted by molar-refractivity contribution is 0.702. The lowest BCUT2D eigenvalue weighted by Gasteiger charge is -1.86. The zero-order chi connectivity index (χ0) is 17.1. The van der Waals surface area contributed by atoms with E-state index < -0.39 is 0 Å². The van der Waals surface area contributed by atoms with Crippen molar-refractivity contribution in [2.75, 3.05) is 0 Å². The molecule has 0 unspecified atom stereocenters. The summed E-state index contributed by atoms with van der Waals surface area (Å²) in [6.07, 6.45) is 13.4. The van der Waals surface area contributed by atoms with Gasteiger partial charge in [0.2, 0.25) is 0 Å². The molecule has 0 aliphatic carbocycles. The van der Waals surface area contributed by atoms with Gasteiger partial charge in [0.1, 0.15) is 0 Å². The summed E-state index contributed by atoms with van der Waals surface area (Å²) < 4.78 is 0. The molecule has 0 saturated carbocycles. The van der Waals surface area contributed by atoms with E-state index in [9.17, 15) is 0 Å². The molecule has 0 bridgehead atoms. The van der Waals surface area contributed by atoms with Crippen LogP contribution in [0.2, 0.25) is 0 Å². The Morgan fingerprint density at radius 1 is 0.259 bits per heavy atom. The van der Waals surface area contributed by atoms with Gasteiger partial charge in [0.05, 0.1) is 0 Å². The fraction of sp³-hybridized carbons (Fsp3) is 1.00. The molecule has 0 N–H and O–H groups in total. The first-order chi connectivity index (χ1) is 9.57. The van der Waals surface area contributed by atoms with Crippen molar-refractivity contribution >= 4 is 0 Å². The van der Waals surface area contributed by atoms with Crippen LogP contribution in [0.3, 0.4) is 0 Å². The minimum Gasteiger partial charge on any atom is -0.0776 e. The SMILES string of the molecule is C.C.C.C.C.C.C.CCC.CCC.CCC.CCCCC.CCCCCC. The second kappa shape index (κ2) is 162. The van der Waals surface area contributed by atoms with Crippen molar-refractivity contribution < 1.29 is 0 Å². The van der Waals surface area contributed by atoms with Gasteiger partial charge < -0.3 is 0 Å². The highest BCUT2D eigenvalue weighted by Crippen LogP contribution is 1.95. The fourth-order valence-corrected chi connectivity index (χ4v) is 0.854. The van der Waals surface area contributed by atoms with Crippen LogP contribution >= 0.6 is 0 Å². The normalized spacial score (nSPS) is 5.56. The minimum absolute atomic E-state index is 0. The Bertz CT molecular complexity index is 55.7. The molecule has 0 aromatic heterocycles. The van der Waals surface area contributed by atoms with E-state index in [-0.39, 0.29) is 52.0 Å². The third-order valence-corrected chi connectivity index (χ3v) is 1.66. The van der Waals surface area contributed by atoms with Crippen LogP contribution in [-0.4, -0.2) is 0 Å². The van der Waals surface area contributed by atoms with Gasteiger partial charge in [-0.25, -0.2) is 0 Å². The van der Waals surface area contributed by atoms with E-state index in [1.807, 2.05) is 0 Å². The lowest BCUT2D eigenvalue weighted by atomic mass is 10.2. The molecule has 27 heavy (non-hydrogen) atoms. The maximum atomic E-state index is 2.23. The first-order valence-electron chi connectivity index (χ1n) is 9.57. The van der Waals surface area contributed by atoms with Crippen molar-refractivity contribution in [3.8, 4) is 0 Å². The Morgan fingerprint density at radius 2 is 0.370 bits per heavy atom. The van der Waals surface area contributed by atoms with Gasteiger partial charge in [0.25, 0.3) is 0 Å². The molecule has 0 heteroatoms. The Kier molecular flexibility index (Phi) is 488. The summed E-state index contributed by atoms with van der Waals surface area (Å²) in [6.45, 7) is 21.6. The first-order valence-corrected chi connectivity index (χ1v) is 9.57. The third-order valence-electron chi connectivity index (χ3n) is 1.66. The quantitative estimate of drug-likeness (QED) is 0.401. The Balaban J connectivity index is -0.0000000100. The summed E-state index contributed by atoms with van der Waals surface area (Å²) in [4.78, 5) is 0. The lowest BCUT2D eigenvalue weighted by Crippen LogP contribution is -1.66. The van der Waals surface area contributed by atoms with Gasteiger partial charge in [-0.1, -0.05) is 185 Å². The molecule has 0 radical (unpaired) electrons. The zero-order valence-corrected chi connectivity index (χ0v) is 17.1. The van der Waals surface area contributed by atoms with Gasteiger partial charge in [-0.2, -0.15) is 0 Å². The number of unbranched alkanes of at least 4 members (excludes halogenated alkanes) is 5. The van der Waals surface area contributed by atoms with Crippen molar-refractivity contribution in [1.82, 2.24) is 0 Å². The second-order valence-corrected chi connectivity index (χ2v) is 5.18. The van der Waals surface area contributed by atoms with Gasteiger partial charge in [-0.05, 0) is 0 Å². The molecule has 0 aromatic rings. The van der Waals surface area contributed by atoms with E-state index in [4.69, 9.17) is 0 Å². The average molecular weight is 403 g/mol. The molecule has 186 valence electrons. The largest absolute Gasteiger partial charge is 0.0776 e. The van der Waals surface area contributed by atoms with Gasteiger partial charge in [0, 0.05) is 0 Å².